The Labute approximate surface area is 220 Å². The van der Waals surface area contributed by atoms with Crippen LogP contribution in [-0.4, -0.2) is 36.6 Å². The fourth-order valence-corrected chi connectivity index (χ4v) is 5.99. The molecule has 0 amide bonds. The van der Waals surface area contributed by atoms with Crippen molar-refractivity contribution in [3.63, 3.8) is 0 Å². The average molecular weight is 494 g/mol. The van der Waals surface area contributed by atoms with Crippen LogP contribution in [0.3, 0.4) is 0 Å². The summed E-state index contributed by atoms with van der Waals surface area (Å²) in [7, 11) is 4.44. The van der Waals surface area contributed by atoms with Gasteiger partial charge in [0.15, 0.2) is 0 Å². The SMILES string of the molecule is CCCCCCCCCCCCCCCCC(CCN(C)C)C1CC1CCCCCCCC(=O)O. The van der Waals surface area contributed by atoms with Gasteiger partial charge in [-0.25, -0.2) is 0 Å². The molecule has 0 saturated heterocycles. The number of carbonyl (C=O) groups is 1. The van der Waals surface area contributed by atoms with Crippen molar-refractivity contribution in [1.29, 1.82) is 0 Å². The molecule has 0 aromatic heterocycles. The standard InChI is InChI=1S/C32H63NO2/c1-4-5-6-7-8-9-10-11-12-13-14-15-17-20-23-29(26-27-33(2)3)31-28-30(31)24-21-18-16-19-22-25-32(34)35/h29-31H,4-28H2,1-3H3,(H,34,35). The van der Waals surface area contributed by atoms with Gasteiger partial charge < -0.3 is 10.0 Å². The molecule has 0 spiro atoms. The fraction of sp³-hybridized carbons (Fsp3) is 0.969. The number of nitrogens with zero attached hydrogens (tertiary/aromatic N) is 1. The first-order valence-electron chi connectivity index (χ1n) is 15.9. The van der Waals surface area contributed by atoms with Crippen LogP contribution in [0, 0.1) is 17.8 Å². The zero-order chi connectivity index (χ0) is 25.6. The molecule has 3 heteroatoms. The highest BCUT2D eigenvalue weighted by Crippen LogP contribution is 2.50. The summed E-state index contributed by atoms with van der Waals surface area (Å²) in [5, 5.41) is 8.73. The van der Waals surface area contributed by atoms with E-state index in [0.29, 0.717) is 6.42 Å². The van der Waals surface area contributed by atoms with E-state index in [2.05, 4.69) is 25.9 Å². The molecule has 3 nitrogen and oxygen atoms in total. The minimum absolute atomic E-state index is 0.345. The largest absolute Gasteiger partial charge is 0.481 e. The van der Waals surface area contributed by atoms with E-state index in [0.717, 1.165) is 30.6 Å². The quantitative estimate of drug-likeness (QED) is 0.116. The van der Waals surface area contributed by atoms with Crippen molar-refractivity contribution in [3.8, 4) is 0 Å². The van der Waals surface area contributed by atoms with Gasteiger partial charge in [-0.2, -0.15) is 0 Å². The highest BCUT2D eigenvalue weighted by molar-refractivity contribution is 5.66. The predicted octanol–water partition coefficient (Wildman–Crippen LogP) is 9.88. The molecular weight excluding hydrogens is 430 g/mol. The number of hydrogen-bond donors (Lipinski definition) is 1. The molecule has 1 fully saturated rings. The molecule has 1 saturated carbocycles. The molecule has 1 rings (SSSR count). The summed E-state index contributed by atoms with van der Waals surface area (Å²) in [5.41, 5.74) is 0. The predicted molar refractivity (Wildman–Crippen MR) is 153 cm³/mol. The Kier molecular flexibility index (Phi) is 21.0. The molecule has 0 aromatic rings. The molecule has 3 unspecified atom stereocenters. The van der Waals surface area contributed by atoms with E-state index in [9.17, 15) is 4.79 Å². The lowest BCUT2D eigenvalue weighted by atomic mass is 9.90. The first kappa shape index (κ1) is 32.5. The zero-order valence-electron chi connectivity index (χ0n) is 24.2. The second kappa shape index (κ2) is 22.6. The lowest BCUT2D eigenvalue weighted by Gasteiger charge is -2.20. The molecule has 1 N–H and O–H groups in total. The lowest BCUT2D eigenvalue weighted by Crippen LogP contribution is -2.18. The second-order valence-electron chi connectivity index (χ2n) is 12.1. The average Bonchev–Trinajstić information content (AvgIpc) is 3.59. The van der Waals surface area contributed by atoms with E-state index in [-0.39, 0.29) is 0 Å². The number of unbranched alkanes of at least 4 members (excludes halogenated alkanes) is 17. The maximum Gasteiger partial charge on any atom is 0.303 e. The van der Waals surface area contributed by atoms with Crippen molar-refractivity contribution in [1.82, 2.24) is 4.90 Å². The Bertz CT molecular complexity index is 478. The Morgan fingerprint density at radius 1 is 0.714 bits per heavy atom. The third kappa shape index (κ3) is 20.2. The summed E-state index contributed by atoms with van der Waals surface area (Å²) in [6, 6.07) is 0. The van der Waals surface area contributed by atoms with Crippen LogP contribution in [0.15, 0.2) is 0 Å². The maximum atomic E-state index is 10.6. The maximum absolute atomic E-state index is 10.6. The number of carboxylic acid groups (broad SMARTS) is 1. The first-order valence-corrected chi connectivity index (χ1v) is 15.9. The first-order chi connectivity index (χ1) is 17.0. The van der Waals surface area contributed by atoms with Crippen LogP contribution in [0.4, 0.5) is 0 Å². The normalized spacial score (nSPS) is 18.3. The topological polar surface area (TPSA) is 40.5 Å². The van der Waals surface area contributed by atoms with Crippen LogP contribution in [0.25, 0.3) is 0 Å². The van der Waals surface area contributed by atoms with Crippen molar-refractivity contribution < 1.29 is 9.90 Å². The molecule has 0 radical (unpaired) electrons. The second-order valence-corrected chi connectivity index (χ2v) is 12.1. The van der Waals surface area contributed by atoms with Gasteiger partial charge >= 0.3 is 5.97 Å². The molecule has 1 aliphatic rings. The van der Waals surface area contributed by atoms with Crippen molar-refractivity contribution in [3.05, 3.63) is 0 Å². The summed E-state index contributed by atoms with van der Waals surface area (Å²) in [6.07, 6.45) is 32.2. The van der Waals surface area contributed by atoms with Gasteiger partial charge in [-0.1, -0.05) is 135 Å². The summed E-state index contributed by atoms with van der Waals surface area (Å²) in [5.74, 6) is 2.31. The molecule has 0 aliphatic heterocycles. The third-order valence-corrected chi connectivity index (χ3v) is 8.42. The van der Waals surface area contributed by atoms with Gasteiger partial charge in [-0.15, -0.1) is 0 Å². The monoisotopic (exact) mass is 493 g/mol. The summed E-state index contributed by atoms with van der Waals surface area (Å²) in [4.78, 5) is 13.0. The van der Waals surface area contributed by atoms with Crippen molar-refractivity contribution >= 4 is 5.97 Å². The van der Waals surface area contributed by atoms with Crippen molar-refractivity contribution in [2.45, 2.75) is 161 Å². The van der Waals surface area contributed by atoms with Crippen LogP contribution < -0.4 is 0 Å². The van der Waals surface area contributed by atoms with Gasteiger partial charge in [0.2, 0.25) is 0 Å². The molecule has 0 heterocycles. The van der Waals surface area contributed by atoms with E-state index < -0.39 is 5.97 Å². The zero-order valence-corrected chi connectivity index (χ0v) is 24.2. The molecule has 208 valence electrons. The minimum atomic E-state index is -0.645. The minimum Gasteiger partial charge on any atom is -0.481 e. The summed E-state index contributed by atoms with van der Waals surface area (Å²) < 4.78 is 0. The van der Waals surface area contributed by atoms with Crippen LogP contribution in [0.2, 0.25) is 0 Å². The third-order valence-electron chi connectivity index (χ3n) is 8.42. The molecule has 35 heavy (non-hydrogen) atoms. The number of hydrogen-bond acceptors (Lipinski definition) is 2. The Morgan fingerprint density at radius 2 is 1.20 bits per heavy atom. The van der Waals surface area contributed by atoms with Crippen molar-refractivity contribution in [2.24, 2.45) is 17.8 Å². The van der Waals surface area contributed by atoms with Crippen LogP contribution in [0.5, 0.6) is 0 Å². The number of aliphatic carboxylic acids is 1. The highest BCUT2D eigenvalue weighted by Gasteiger charge is 2.41. The molecule has 0 bridgehead atoms. The van der Waals surface area contributed by atoms with Gasteiger partial charge in [0.1, 0.15) is 0 Å². The fourth-order valence-electron chi connectivity index (χ4n) is 5.99. The van der Waals surface area contributed by atoms with E-state index in [1.54, 1.807) is 0 Å². The van der Waals surface area contributed by atoms with Gasteiger partial charge in [0.25, 0.3) is 0 Å². The Hall–Kier alpha value is -0.570. The van der Waals surface area contributed by atoms with Gasteiger partial charge in [-0.05, 0) is 57.7 Å². The molecule has 3 atom stereocenters. The molecular formula is C32H63NO2. The highest BCUT2D eigenvalue weighted by atomic mass is 16.4. The smallest absolute Gasteiger partial charge is 0.303 e. The Morgan fingerprint density at radius 3 is 1.71 bits per heavy atom. The Balaban J connectivity index is 2.01. The van der Waals surface area contributed by atoms with E-state index >= 15 is 0 Å². The van der Waals surface area contributed by atoms with E-state index in [4.69, 9.17) is 5.11 Å². The summed E-state index contributed by atoms with van der Waals surface area (Å²) in [6.45, 7) is 3.54. The van der Waals surface area contributed by atoms with Gasteiger partial charge in [0.05, 0.1) is 0 Å². The van der Waals surface area contributed by atoms with Gasteiger partial charge in [-0.3, -0.25) is 4.79 Å². The summed E-state index contributed by atoms with van der Waals surface area (Å²) >= 11 is 0. The number of rotatable bonds is 27. The van der Waals surface area contributed by atoms with Crippen LogP contribution in [-0.2, 0) is 4.79 Å². The lowest BCUT2D eigenvalue weighted by molar-refractivity contribution is -0.137. The van der Waals surface area contributed by atoms with E-state index in [1.807, 2.05) is 0 Å². The number of carboxylic acids is 1. The van der Waals surface area contributed by atoms with Crippen LogP contribution >= 0.6 is 0 Å². The van der Waals surface area contributed by atoms with E-state index in [1.165, 1.54) is 141 Å². The van der Waals surface area contributed by atoms with Crippen LogP contribution in [0.1, 0.15) is 161 Å². The molecule has 0 aromatic carbocycles. The van der Waals surface area contributed by atoms with Gasteiger partial charge in [0, 0.05) is 6.42 Å². The molecule has 1 aliphatic carbocycles. The van der Waals surface area contributed by atoms with Crippen molar-refractivity contribution in [2.75, 3.05) is 20.6 Å².